The van der Waals surface area contributed by atoms with Crippen LogP contribution < -0.4 is 15.4 Å². The molecule has 0 saturated carbocycles. The molecule has 2 aromatic carbocycles. The molecule has 0 heterocycles. The van der Waals surface area contributed by atoms with Crippen LogP contribution in [0.15, 0.2) is 36.4 Å². The predicted molar refractivity (Wildman–Crippen MR) is 91.2 cm³/mol. The lowest BCUT2D eigenvalue weighted by molar-refractivity contribution is -0.114. The third-order valence-corrected chi connectivity index (χ3v) is 3.25. The SMILES string of the molecule is COc1ccc(C(=O)Nc2cc(C)cc(C)c2)cc1NC(C)=O. The molecule has 0 saturated heterocycles. The van der Waals surface area contributed by atoms with Crippen molar-refractivity contribution in [3.05, 3.63) is 53.1 Å². The minimum absolute atomic E-state index is 0.227. The number of hydrogen-bond donors (Lipinski definition) is 2. The Balaban J connectivity index is 2.26. The molecule has 0 aliphatic carbocycles. The maximum atomic E-state index is 12.4. The number of hydrogen-bond acceptors (Lipinski definition) is 3. The van der Waals surface area contributed by atoms with E-state index in [9.17, 15) is 9.59 Å². The molecule has 0 aromatic heterocycles. The van der Waals surface area contributed by atoms with Crippen LogP contribution in [0.25, 0.3) is 0 Å². The first kappa shape index (κ1) is 16.5. The van der Waals surface area contributed by atoms with Crippen LogP contribution in [0.3, 0.4) is 0 Å². The van der Waals surface area contributed by atoms with Gasteiger partial charge in [-0.2, -0.15) is 0 Å². The molecule has 5 heteroatoms. The number of nitrogens with one attached hydrogen (secondary N) is 2. The Hall–Kier alpha value is -2.82. The van der Waals surface area contributed by atoms with Gasteiger partial charge in [0.1, 0.15) is 5.75 Å². The lowest BCUT2D eigenvalue weighted by Gasteiger charge is -2.12. The Labute approximate surface area is 135 Å². The molecule has 0 aliphatic heterocycles. The van der Waals surface area contributed by atoms with E-state index in [1.165, 1.54) is 14.0 Å². The molecule has 0 fully saturated rings. The second-order valence-corrected chi connectivity index (χ2v) is 5.43. The van der Waals surface area contributed by atoms with Gasteiger partial charge in [0.2, 0.25) is 5.91 Å². The van der Waals surface area contributed by atoms with E-state index in [1.807, 2.05) is 32.0 Å². The Morgan fingerprint density at radius 3 is 2.17 bits per heavy atom. The van der Waals surface area contributed by atoms with Crippen LogP contribution in [0.5, 0.6) is 5.75 Å². The van der Waals surface area contributed by atoms with Crippen molar-refractivity contribution in [3.8, 4) is 5.75 Å². The van der Waals surface area contributed by atoms with E-state index in [2.05, 4.69) is 10.6 Å². The Morgan fingerprint density at radius 2 is 1.61 bits per heavy atom. The van der Waals surface area contributed by atoms with Crippen molar-refractivity contribution >= 4 is 23.2 Å². The van der Waals surface area contributed by atoms with Gasteiger partial charge in [-0.05, 0) is 55.3 Å². The van der Waals surface area contributed by atoms with Crippen LogP contribution in [0.1, 0.15) is 28.4 Å². The van der Waals surface area contributed by atoms with Gasteiger partial charge in [0.25, 0.3) is 5.91 Å². The zero-order valence-electron chi connectivity index (χ0n) is 13.7. The molecular weight excluding hydrogens is 292 g/mol. The van der Waals surface area contributed by atoms with Crippen molar-refractivity contribution in [2.45, 2.75) is 20.8 Å². The molecule has 2 amide bonds. The molecule has 0 aliphatic rings. The van der Waals surface area contributed by atoms with E-state index in [0.29, 0.717) is 17.0 Å². The maximum Gasteiger partial charge on any atom is 0.255 e. The molecule has 0 bridgehead atoms. The standard InChI is InChI=1S/C18H20N2O3/c1-11-7-12(2)9-15(8-11)20-18(22)14-5-6-17(23-4)16(10-14)19-13(3)21/h5-10H,1-4H3,(H,19,21)(H,20,22). The van der Waals surface area contributed by atoms with Gasteiger partial charge in [-0.1, -0.05) is 6.07 Å². The van der Waals surface area contributed by atoms with Crippen LogP contribution in [0, 0.1) is 13.8 Å². The van der Waals surface area contributed by atoms with Crippen molar-refractivity contribution in [1.29, 1.82) is 0 Å². The minimum Gasteiger partial charge on any atom is -0.495 e. The summed E-state index contributed by atoms with van der Waals surface area (Å²) in [6.45, 7) is 5.36. The summed E-state index contributed by atoms with van der Waals surface area (Å²) in [6, 6.07) is 10.8. The molecule has 0 atom stereocenters. The summed E-state index contributed by atoms with van der Waals surface area (Å²) < 4.78 is 5.18. The van der Waals surface area contributed by atoms with E-state index in [-0.39, 0.29) is 11.8 Å². The monoisotopic (exact) mass is 312 g/mol. The first-order chi connectivity index (χ1) is 10.9. The van der Waals surface area contributed by atoms with E-state index >= 15 is 0 Å². The highest BCUT2D eigenvalue weighted by Crippen LogP contribution is 2.26. The highest BCUT2D eigenvalue weighted by molar-refractivity contribution is 6.05. The van der Waals surface area contributed by atoms with E-state index in [4.69, 9.17) is 4.74 Å². The Kier molecular flexibility index (Phi) is 5.01. The summed E-state index contributed by atoms with van der Waals surface area (Å²) in [7, 11) is 1.51. The van der Waals surface area contributed by atoms with Crippen molar-refractivity contribution in [2.24, 2.45) is 0 Å². The van der Waals surface area contributed by atoms with E-state index in [0.717, 1.165) is 16.8 Å². The van der Waals surface area contributed by atoms with E-state index in [1.54, 1.807) is 18.2 Å². The third-order valence-electron chi connectivity index (χ3n) is 3.25. The summed E-state index contributed by atoms with van der Waals surface area (Å²) in [5.74, 6) is 0.0302. The number of ether oxygens (including phenoxy) is 1. The van der Waals surface area contributed by atoms with Crippen molar-refractivity contribution in [2.75, 3.05) is 17.7 Å². The average Bonchev–Trinajstić information content (AvgIpc) is 2.45. The second kappa shape index (κ2) is 6.96. The molecule has 2 N–H and O–H groups in total. The summed E-state index contributed by atoms with van der Waals surface area (Å²) in [5, 5.41) is 5.52. The van der Waals surface area contributed by atoms with Gasteiger partial charge in [-0.25, -0.2) is 0 Å². The molecule has 0 spiro atoms. The normalized spacial score (nSPS) is 10.1. The van der Waals surface area contributed by atoms with Gasteiger partial charge in [0.05, 0.1) is 12.8 Å². The second-order valence-electron chi connectivity index (χ2n) is 5.43. The molecule has 120 valence electrons. The van der Waals surface area contributed by atoms with Gasteiger partial charge in [0, 0.05) is 18.2 Å². The molecule has 23 heavy (non-hydrogen) atoms. The molecule has 0 radical (unpaired) electrons. The smallest absolute Gasteiger partial charge is 0.255 e. The van der Waals surface area contributed by atoms with Crippen LogP contribution >= 0.6 is 0 Å². The summed E-state index contributed by atoms with van der Waals surface area (Å²) in [5.41, 5.74) is 3.80. The number of amides is 2. The average molecular weight is 312 g/mol. The predicted octanol–water partition coefficient (Wildman–Crippen LogP) is 3.52. The molecule has 2 rings (SSSR count). The fourth-order valence-electron chi connectivity index (χ4n) is 2.39. The van der Waals surface area contributed by atoms with Gasteiger partial charge >= 0.3 is 0 Å². The van der Waals surface area contributed by atoms with Gasteiger partial charge in [-0.3, -0.25) is 9.59 Å². The van der Waals surface area contributed by atoms with Crippen LogP contribution in [-0.2, 0) is 4.79 Å². The number of methoxy groups -OCH3 is 1. The van der Waals surface area contributed by atoms with Crippen molar-refractivity contribution < 1.29 is 14.3 Å². The maximum absolute atomic E-state index is 12.4. The number of carbonyl (C=O) groups excluding carboxylic acids is 2. The zero-order valence-corrected chi connectivity index (χ0v) is 13.7. The first-order valence-electron chi connectivity index (χ1n) is 7.24. The molecule has 2 aromatic rings. The number of aryl methyl sites for hydroxylation is 2. The summed E-state index contributed by atoms with van der Waals surface area (Å²) >= 11 is 0. The lowest BCUT2D eigenvalue weighted by Crippen LogP contribution is -2.14. The van der Waals surface area contributed by atoms with Crippen LogP contribution in [-0.4, -0.2) is 18.9 Å². The van der Waals surface area contributed by atoms with Crippen molar-refractivity contribution in [3.63, 3.8) is 0 Å². The number of anilines is 2. The number of benzene rings is 2. The minimum atomic E-state index is -0.246. The number of rotatable bonds is 4. The molecule has 0 unspecified atom stereocenters. The topological polar surface area (TPSA) is 67.4 Å². The van der Waals surface area contributed by atoms with Crippen LogP contribution in [0.4, 0.5) is 11.4 Å². The largest absolute Gasteiger partial charge is 0.495 e. The Bertz CT molecular complexity index is 734. The summed E-state index contributed by atoms with van der Waals surface area (Å²) in [4.78, 5) is 23.7. The highest BCUT2D eigenvalue weighted by atomic mass is 16.5. The fraction of sp³-hybridized carbons (Fsp3) is 0.222. The molecule has 5 nitrogen and oxygen atoms in total. The molecular formula is C18H20N2O3. The summed E-state index contributed by atoms with van der Waals surface area (Å²) in [6.07, 6.45) is 0. The van der Waals surface area contributed by atoms with E-state index < -0.39 is 0 Å². The quantitative estimate of drug-likeness (QED) is 0.907. The first-order valence-corrected chi connectivity index (χ1v) is 7.24. The Morgan fingerprint density at radius 1 is 0.957 bits per heavy atom. The van der Waals surface area contributed by atoms with Gasteiger partial charge < -0.3 is 15.4 Å². The van der Waals surface area contributed by atoms with Gasteiger partial charge in [0.15, 0.2) is 0 Å². The van der Waals surface area contributed by atoms with Crippen LogP contribution in [0.2, 0.25) is 0 Å². The fourth-order valence-corrected chi connectivity index (χ4v) is 2.39. The highest BCUT2D eigenvalue weighted by Gasteiger charge is 2.12. The lowest BCUT2D eigenvalue weighted by atomic mass is 10.1. The zero-order chi connectivity index (χ0) is 17.0. The van der Waals surface area contributed by atoms with Gasteiger partial charge in [-0.15, -0.1) is 0 Å². The number of carbonyl (C=O) groups is 2. The third kappa shape index (κ3) is 4.32. The van der Waals surface area contributed by atoms with Crippen molar-refractivity contribution in [1.82, 2.24) is 0 Å².